The first kappa shape index (κ1) is 44.1. The number of carboxylic acid groups (broad SMARTS) is 1. The number of alkyl halides is 6. The molecule has 0 atom stereocenters. The van der Waals surface area contributed by atoms with E-state index in [0.29, 0.717) is 37.8 Å². The van der Waals surface area contributed by atoms with E-state index >= 15 is 0 Å². The number of aromatic carboxylic acids is 1. The topological polar surface area (TPSA) is 155 Å². The molecule has 53 heavy (non-hydrogen) atoms. The van der Waals surface area contributed by atoms with Crippen molar-refractivity contribution in [2.75, 3.05) is 37.5 Å². The summed E-state index contributed by atoms with van der Waals surface area (Å²) >= 11 is 0. The molecule has 2 aromatic heterocycles. The number of pyridine rings is 2. The fourth-order valence-corrected chi connectivity index (χ4v) is 4.14. The van der Waals surface area contributed by atoms with Crippen molar-refractivity contribution in [3.63, 3.8) is 0 Å². The van der Waals surface area contributed by atoms with Crippen LogP contribution in [0.25, 0.3) is 0 Å². The maximum Gasteiger partial charge on any atom is 0.416 e. The SMILES string of the molecule is CCOC(OCC)c1cccc(C(=O)Nc2cccc(C(F)(F)F)c2)n1.CCOC(OCC)c1cccc(C(=O)O)n1.Nc1cccc(C(F)(F)F)c1. The third-order valence-corrected chi connectivity index (χ3v) is 6.41. The molecule has 0 aliphatic carbocycles. The number of aromatic nitrogens is 2. The molecule has 288 valence electrons. The van der Waals surface area contributed by atoms with Crippen LogP contribution < -0.4 is 11.1 Å². The highest BCUT2D eigenvalue weighted by Gasteiger charge is 2.31. The second-order valence-corrected chi connectivity index (χ2v) is 10.3. The van der Waals surface area contributed by atoms with E-state index in [1.54, 1.807) is 38.1 Å². The lowest BCUT2D eigenvalue weighted by Crippen LogP contribution is -2.17. The third-order valence-electron chi connectivity index (χ3n) is 6.41. The third kappa shape index (κ3) is 15.2. The van der Waals surface area contributed by atoms with Crippen LogP contribution in [0.1, 0.15) is 83.8 Å². The lowest BCUT2D eigenvalue weighted by molar-refractivity contribution is -0.142. The molecule has 0 aliphatic rings. The Kier molecular flexibility index (Phi) is 17.8. The van der Waals surface area contributed by atoms with Crippen LogP contribution in [-0.2, 0) is 31.3 Å². The zero-order chi connectivity index (χ0) is 39.6. The van der Waals surface area contributed by atoms with Crippen molar-refractivity contribution in [1.29, 1.82) is 0 Å². The van der Waals surface area contributed by atoms with Crippen molar-refractivity contribution in [1.82, 2.24) is 9.97 Å². The van der Waals surface area contributed by atoms with Crippen LogP contribution >= 0.6 is 0 Å². The van der Waals surface area contributed by atoms with Gasteiger partial charge in [-0.05, 0) is 88.4 Å². The predicted molar refractivity (Wildman–Crippen MR) is 183 cm³/mol. The Labute approximate surface area is 302 Å². The lowest BCUT2D eigenvalue weighted by Gasteiger charge is -2.16. The molecular weight excluding hydrogens is 714 g/mol. The number of ether oxygens (including phenoxy) is 4. The second-order valence-electron chi connectivity index (χ2n) is 10.3. The van der Waals surface area contributed by atoms with Crippen molar-refractivity contribution in [2.24, 2.45) is 0 Å². The van der Waals surface area contributed by atoms with Crippen LogP contribution in [0.2, 0.25) is 0 Å². The average Bonchev–Trinajstić information content (AvgIpc) is 3.11. The largest absolute Gasteiger partial charge is 0.477 e. The number of rotatable bonds is 13. The highest BCUT2D eigenvalue weighted by Crippen LogP contribution is 2.31. The Hall–Kier alpha value is -5.10. The van der Waals surface area contributed by atoms with Crippen molar-refractivity contribution in [3.05, 3.63) is 119 Å². The number of halogens is 6. The van der Waals surface area contributed by atoms with Crippen molar-refractivity contribution < 1.29 is 60.0 Å². The molecule has 1 amide bonds. The van der Waals surface area contributed by atoms with Gasteiger partial charge in [-0.25, -0.2) is 14.8 Å². The fourth-order valence-electron chi connectivity index (χ4n) is 4.14. The first-order valence-electron chi connectivity index (χ1n) is 16.1. The van der Waals surface area contributed by atoms with E-state index in [1.165, 1.54) is 36.4 Å². The number of hydrogen-bond acceptors (Lipinski definition) is 9. The molecule has 0 saturated carbocycles. The predicted octanol–water partition coefficient (Wildman–Crippen LogP) is 8.56. The summed E-state index contributed by atoms with van der Waals surface area (Å²) in [5.41, 5.74) is 4.67. The molecule has 0 bridgehead atoms. The van der Waals surface area contributed by atoms with E-state index < -0.39 is 47.9 Å². The monoisotopic (exact) mass is 754 g/mol. The molecule has 4 rings (SSSR count). The maximum atomic E-state index is 12.8. The molecule has 0 saturated heterocycles. The summed E-state index contributed by atoms with van der Waals surface area (Å²) in [6.45, 7) is 9.03. The maximum absolute atomic E-state index is 12.8. The quantitative estimate of drug-likeness (QED) is 0.0687. The van der Waals surface area contributed by atoms with Gasteiger partial charge in [-0.2, -0.15) is 26.3 Å². The number of hydrogen-bond donors (Lipinski definition) is 3. The molecular formula is C36H40F6N4O7. The van der Waals surface area contributed by atoms with Gasteiger partial charge in [0, 0.05) is 37.8 Å². The summed E-state index contributed by atoms with van der Waals surface area (Å²) in [6.07, 6.45) is -10.1. The Morgan fingerprint density at radius 1 is 0.660 bits per heavy atom. The minimum Gasteiger partial charge on any atom is -0.477 e. The minimum atomic E-state index is -4.49. The molecule has 0 spiro atoms. The molecule has 2 aromatic carbocycles. The van der Waals surface area contributed by atoms with Crippen LogP contribution in [-0.4, -0.2) is 53.4 Å². The standard InChI is InChI=1S/C18H19F3N2O3.C11H15NO4.C7H6F3N/c1-3-25-17(26-4-2)15-10-6-9-14(23-15)16(24)22-13-8-5-7-12(11-13)18(19,20)21;1-3-15-11(16-4-2)9-7-5-6-8(12-9)10(13)14;8-7(9,10)5-2-1-3-6(11)4-5/h5-11,17H,3-4H2,1-2H3,(H,22,24);5-7,11H,3-4H2,1-2H3,(H,13,14);1-4H,11H2. The Morgan fingerprint density at radius 2 is 1.08 bits per heavy atom. The summed E-state index contributed by atoms with van der Waals surface area (Å²) in [7, 11) is 0. The van der Waals surface area contributed by atoms with E-state index in [4.69, 9.17) is 29.8 Å². The number of nitrogens with two attached hydrogens (primary N) is 1. The van der Waals surface area contributed by atoms with E-state index in [-0.39, 0.29) is 22.8 Å². The molecule has 0 radical (unpaired) electrons. The molecule has 0 aliphatic heterocycles. The summed E-state index contributed by atoms with van der Waals surface area (Å²) in [5.74, 6) is -1.69. The smallest absolute Gasteiger partial charge is 0.416 e. The number of carbonyl (C=O) groups is 2. The van der Waals surface area contributed by atoms with Crippen LogP contribution in [0, 0.1) is 0 Å². The van der Waals surface area contributed by atoms with Gasteiger partial charge in [0.25, 0.3) is 5.91 Å². The van der Waals surface area contributed by atoms with Crippen LogP contribution in [0.5, 0.6) is 0 Å². The van der Waals surface area contributed by atoms with Gasteiger partial charge >= 0.3 is 18.3 Å². The number of carbonyl (C=O) groups excluding carboxylic acids is 1. The number of nitrogens with zero attached hydrogens (tertiary/aromatic N) is 2. The first-order valence-corrected chi connectivity index (χ1v) is 16.1. The van der Waals surface area contributed by atoms with Crippen molar-refractivity contribution in [2.45, 2.75) is 52.6 Å². The van der Waals surface area contributed by atoms with Gasteiger partial charge in [-0.1, -0.05) is 24.3 Å². The van der Waals surface area contributed by atoms with Gasteiger partial charge in [0.1, 0.15) is 11.4 Å². The van der Waals surface area contributed by atoms with Gasteiger partial charge in [0.05, 0.1) is 22.5 Å². The number of amides is 1. The number of benzene rings is 2. The summed E-state index contributed by atoms with van der Waals surface area (Å²) in [6, 6.07) is 18.4. The summed E-state index contributed by atoms with van der Waals surface area (Å²) < 4.78 is 95.5. The van der Waals surface area contributed by atoms with Gasteiger partial charge < -0.3 is 35.1 Å². The molecule has 2 heterocycles. The number of carboxylic acids is 1. The Bertz CT molecular complexity index is 1730. The highest BCUT2D eigenvalue weighted by atomic mass is 19.4. The average molecular weight is 755 g/mol. The molecule has 0 unspecified atom stereocenters. The minimum absolute atomic E-state index is 0.0121. The van der Waals surface area contributed by atoms with Gasteiger partial charge in [-0.15, -0.1) is 0 Å². The number of anilines is 2. The zero-order valence-electron chi connectivity index (χ0n) is 29.2. The molecule has 17 heteroatoms. The Morgan fingerprint density at radius 3 is 1.49 bits per heavy atom. The Balaban J connectivity index is 0.000000305. The van der Waals surface area contributed by atoms with E-state index in [2.05, 4.69) is 15.3 Å². The summed E-state index contributed by atoms with van der Waals surface area (Å²) in [5, 5.41) is 11.2. The molecule has 11 nitrogen and oxygen atoms in total. The molecule has 0 fully saturated rings. The zero-order valence-corrected chi connectivity index (χ0v) is 29.2. The van der Waals surface area contributed by atoms with Gasteiger partial charge in [0.2, 0.25) is 12.6 Å². The number of nitrogen functional groups attached to an aromatic ring is 1. The fraction of sp³-hybridized carbons (Fsp3) is 0.333. The van der Waals surface area contributed by atoms with Gasteiger partial charge in [-0.3, -0.25) is 4.79 Å². The highest BCUT2D eigenvalue weighted by molar-refractivity contribution is 6.02. The van der Waals surface area contributed by atoms with E-state index in [0.717, 1.165) is 24.3 Å². The van der Waals surface area contributed by atoms with Crippen LogP contribution in [0.15, 0.2) is 84.9 Å². The summed E-state index contributed by atoms with van der Waals surface area (Å²) in [4.78, 5) is 31.2. The van der Waals surface area contributed by atoms with Crippen molar-refractivity contribution >= 4 is 23.3 Å². The van der Waals surface area contributed by atoms with Gasteiger partial charge in [0.15, 0.2) is 0 Å². The number of nitrogens with one attached hydrogen (secondary N) is 1. The second kappa shape index (κ2) is 21.4. The van der Waals surface area contributed by atoms with Crippen molar-refractivity contribution in [3.8, 4) is 0 Å². The molecule has 4 aromatic rings. The van der Waals surface area contributed by atoms with Crippen LogP contribution in [0.4, 0.5) is 37.7 Å². The lowest BCUT2D eigenvalue weighted by atomic mass is 10.2. The molecule has 4 N–H and O–H groups in total. The van der Waals surface area contributed by atoms with E-state index in [1.807, 2.05) is 13.8 Å². The normalized spacial score (nSPS) is 11.3. The van der Waals surface area contributed by atoms with Crippen LogP contribution in [0.3, 0.4) is 0 Å². The van der Waals surface area contributed by atoms with E-state index in [9.17, 15) is 35.9 Å². The first-order chi connectivity index (χ1) is 25.0.